The van der Waals surface area contributed by atoms with Crippen LogP contribution in [0.15, 0.2) is 4.99 Å². The molecule has 1 heterocycles. The molecule has 1 unspecified atom stereocenters. The van der Waals surface area contributed by atoms with Crippen molar-refractivity contribution in [1.29, 1.82) is 0 Å². The summed E-state index contributed by atoms with van der Waals surface area (Å²) in [6.07, 6.45) is 7.37. The first-order chi connectivity index (χ1) is 11.7. The van der Waals surface area contributed by atoms with Gasteiger partial charge >= 0.3 is 0 Å². The van der Waals surface area contributed by atoms with Gasteiger partial charge in [0.1, 0.15) is 0 Å². The van der Waals surface area contributed by atoms with Gasteiger partial charge in [-0.25, -0.2) is 12.7 Å². The Labute approximate surface area is 177 Å². The highest BCUT2D eigenvalue weighted by Crippen LogP contribution is 2.46. The lowest BCUT2D eigenvalue weighted by atomic mass is 9.64. The smallest absolute Gasteiger partial charge is 0.211 e. The van der Waals surface area contributed by atoms with Crippen LogP contribution in [0.4, 0.5) is 0 Å². The first-order valence-electron chi connectivity index (χ1n) is 9.71. The van der Waals surface area contributed by atoms with Crippen LogP contribution < -0.4 is 10.6 Å². The van der Waals surface area contributed by atoms with Crippen LogP contribution in [-0.4, -0.2) is 57.7 Å². The molecule has 6 nitrogen and oxygen atoms in total. The van der Waals surface area contributed by atoms with Gasteiger partial charge in [-0.2, -0.15) is 0 Å². The van der Waals surface area contributed by atoms with Crippen LogP contribution in [0.25, 0.3) is 0 Å². The number of hydrogen-bond acceptors (Lipinski definition) is 3. The van der Waals surface area contributed by atoms with Crippen LogP contribution in [0, 0.1) is 17.3 Å². The van der Waals surface area contributed by atoms with Crippen LogP contribution in [0.2, 0.25) is 0 Å². The largest absolute Gasteiger partial charge is 0.357 e. The molecular formula is C18H37IN4O2S. The minimum absolute atomic E-state index is 0. The van der Waals surface area contributed by atoms with E-state index in [0.717, 1.165) is 32.0 Å². The first-order valence-corrected chi connectivity index (χ1v) is 11.6. The summed E-state index contributed by atoms with van der Waals surface area (Å²) >= 11 is 0. The van der Waals surface area contributed by atoms with Crippen molar-refractivity contribution in [3.8, 4) is 0 Å². The number of hydrogen-bond donors (Lipinski definition) is 2. The van der Waals surface area contributed by atoms with Gasteiger partial charge in [-0.1, -0.05) is 20.3 Å². The van der Waals surface area contributed by atoms with Gasteiger partial charge in [0.25, 0.3) is 0 Å². The Morgan fingerprint density at radius 2 is 2.00 bits per heavy atom. The monoisotopic (exact) mass is 500 g/mol. The quantitative estimate of drug-likeness (QED) is 0.306. The van der Waals surface area contributed by atoms with Crippen molar-refractivity contribution in [1.82, 2.24) is 14.9 Å². The molecule has 1 saturated heterocycles. The maximum atomic E-state index is 11.6. The minimum Gasteiger partial charge on any atom is -0.357 e. The van der Waals surface area contributed by atoms with Gasteiger partial charge in [-0.3, -0.25) is 4.99 Å². The lowest BCUT2D eigenvalue weighted by Crippen LogP contribution is -2.42. The van der Waals surface area contributed by atoms with Gasteiger partial charge in [0.2, 0.25) is 10.0 Å². The Bertz CT molecular complexity index is 562. The lowest BCUT2D eigenvalue weighted by Gasteiger charge is -2.42. The van der Waals surface area contributed by atoms with E-state index < -0.39 is 10.0 Å². The fourth-order valence-electron chi connectivity index (χ4n) is 4.06. The minimum atomic E-state index is -3.06. The molecule has 2 N–H and O–H groups in total. The molecule has 154 valence electrons. The average molecular weight is 500 g/mol. The molecule has 2 aliphatic rings. The maximum Gasteiger partial charge on any atom is 0.211 e. The normalized spacial score (nSPS) is 23.4. The van der Waals surface area contributed by atoms with Crippen molar-refractivity contribution in [2.45, 2.75) is 52.9 Å². The van der Waals surface area contributed by atoms with Crippen molar-refractivity contribution < 1.29 is 8.42 Å². The standard InChI is InChI=1S/C18H36N4O2S.HI/c1-5-19-17(21-14-18(8-6-9-18)11-15(2)3)20-12-16-7-10-22(13-16)25(4,23)24;/h15-16H,5-14H2,1-4H3,(H2,19,20,21);1H. The van der Waals surface area contributed by atoms with E-state index >= 15 is 0 Å². The van der Waals surface area contributed by atoms with Gasteiger partial charge < -0.3 is 10.6 Å². The second-order valence-electron chi connectivity index (χ2n) is 8.30. The summed E-state index contributed by atoms with van der Waals surface area (Å²) < 4.78 is 24.8. The number of aliphatic imine (C=N–C) groups is 1. The highest BCUT2D eigenvalue weighted by atomic mass is 127. The van der Waals surface area contributed by atoms with Gasteiger partial charge in [0.15, 0.2) is 5.96 Å². The van der Waals surface area contributed by atoms with Crippen molar-refractivity contribution in [3.05, 3.63) is 0 Å². The maximum absolute atomic E-state index is 11.6. The van der Waals surface area contributed by atoms with E-state index in [-0.39, 0.29) is 24.0 Å². The van der Waals surface area contributed by atoms with E-state index in [4.69, 9.17) is 4.99 Å². The fourth-order valence-corrected chi connectivity index (χ4v) is 4.98. The van der Waals surface area contributed by atoms with E-state index in [2.05, 4.69) is 31.4 Å². The zero-order valence-electron chi connectivity index (χ0n) is 16.8. The summed E-state index contributed by atoms with van der Waals surface area (Å²) in [6.45, 7) is 10.4. The summed E-state index contributed by atoms with van der Waals surface area (Å²) in [5, 5.41) is 6.76. The van der Waals surface area contributed by atoms with Crippen LogP contribution in [0.3, 0.4) is 0 Å². The summed E-state index contributed by atoms with van der Waals surface area (Å²) in [5.41, 5.74) is 0.400. The molecule has 0 aromatic heterocycles. The lowest BCUT2D eigenvalue weighted by molar-refractivity contribution is 0.111. The first kappa shape index (κ1) is 23.9. The Hall–Kier alpha value is -0.0900. The fraction of sp³-hybridized carbons (Fsp3) is 0.944. The molecule has 0 spiro atoms. The van der Waals surface area contributed by atoms with Gasteiger partial charge in [0.05, 0.1) is 6.26 Å². The molecule has 26 heavy (non-hydrogen) atoms. The van der Waals surface area contributed by atoms with Crippen molar-refractivity contribution >= 4 is 40.0 Å². The predicted molar refractivity (Wildman–Crippen MR) is 120 cm³/mol. The van der Waals surface area contributed by atoms with E-state index in [1.807, 2.05) is 0 Å². The molecule has 1 aliphatic carbocycles. The molecule has 0 bridgehead atoms. The van der Waals surface area contributed by atoms with Crippen LogP contribution in [0.5, 0.6) is 0 Å². The van der Waals surface area contributed by atoms with E-state index in [0.29, 0.717) is 30.3 Å². The molecule has 0 aromatic rings. The van der Waals surface area contributed by atoms with Gasteiger partial charge in [-0.05, 0) is 49.9 Å². The summed E-state index contributed by atoms with van der Waals surface area (Å²) in [6, 6.07) is 0. The Morgan fingerprint density at radius 1 is 1.31 bits per heavy atom. The zero-order chi connectivity index (χ0) is 18.5. The second kappa shape index (κ2) is 10.5. The average Bonchev–Trinajstić information content (AvgIpc) is 2.95. The highest BCUT2D eigenvalue weighted by molar-refractivity contribution is 14.0. The number of guanidine groups is 1. The molecule has 0 amide bonds. The third-order valence-corrected chi connectivity index (χ3v) is 6.72. The molecule has 1 aliphatic heterocycles. The van der Waals surface area contributed by atoms with Gasteiger partial charge in [-0.15, -0.1) is 24.0 Å². The number of sulfonamides is 1. The van der Waals surface area contributed by atoms with E-state index in [9.17, 15) is 8.42 Å². The highest BCUT2D eigenvalue weighted by Gasteiger charge is 2.37. The molecule has 0 aromatic carbocycles. The Balaban J connectivity index is 0.00000338. The summed E-state index contributed by atoms with van der Waals surface area (Å²) in [7, 11) is -3.06. The Kier molecular flexibility index (Phi) is 9.63. The third-order valence-electron chi connectivity index (χ3n) is 5.45. The SMILES string of the molecule is CCNC(=NCC1(CC(C)C)CCC1)NCC1CCN(S(C)(=O)=O)C1.I. The molecule has 2 fully saturated rings. The molecule has 1 atom stereocenters. The summed E-state index contributed by atoms with van der Waals surface area (Å²) in [4.78, 5) is 4.85. The topological polar surface area (TPSA) is 73.8 Å². The number of halogens is 1. The number of nitrogens with zero attached hydrogens (tertiary/aromatic N) is 2. The van der Waals surface area contributed by atoms with Gasteiger partial charge in [0, 0.05) is 32.7 Å². The van der Waals surface area contributed by atoms with E-state index in [1.165, 1.54) is 31.9 Å². The van der Waals surface area contributed by atoms with Crippen LogP contribution in [-0.2, 0) is 10.0 Å². The molecule has 1 saturated carbocycles. The molecule has 0 radical (unpaired) electrons. The van der Waals surface area contributed by atoms with Crippen molar-refractivity contribution in [3.63, 3.8) is 0 Å². The molecule has 2 rings (SSSR count). The van der Waals surface area contributed by atoms with E-state index in [1.54, 1.807) is 4.31 Å². The Morgan fingerprint density at radius 3 is 2.46 bits per heavy atom. The second-order valence-corrected chi connectivity index (χ2v) is 10.3. The van der Waals surface area contributed by atoms with Crippen molar-refractivity contribution in [2.24, 2.45) is 22.2 Å². The molecular weight excluding hydrogens is 463 g/mol. The third kappa shape index (κ3) is 7.14. The van der Waals surface area contributed by atoms with Crippen LogP contribution in [0.1, 0.15) is 52.9 Å². The predicted octanol–water partition coefficient (Wildman–Crippen LogP) is 2.66. The number of nitrogens with one attached hydrogen (secondary N) is 2. The van der Waals surface area contributed by atoms with Crippen molar-refractivity contribution in [2.75, 3.05) is 39.0 Å². The zero-order valence-corrected chi connectivity index (χ0v) is 19.9. The number of rotatable bonds is 8. The summed E-state index contributed by atoms with van der Waals surface area (Å²) in [5.74, 6) is 1.94. The van der Waals surface area contributed by atoms with Crippen LogP contribution >= 0.6 is 24.0 Å². The molecule has 8 heteroatoms.